The van der Waals surface area contributed by atoms with Crippen molar-refractivity contribution in [3.05, 3.63) is 35.2 Å². The number of rotatable bonds is 2. The number of hydrogen-bond donors (Lipinski definition) is 1. The normalized spacial score (nSPS) is 9.44. The molecule has 0 saturated heterocycles. The zero-order valence-corrected chi connectivity index (χ0v) is 10.8. The lowest BCUT2D eigenvalue weighted by atomic mass is 10.1. The molecule has 0 radical (unpaired) electrons. The van der Waals surface area contributed by atoms with Gasteiger partial charge in [0.25, 0.3) is 0 Å². The van der Waals surface area contributed by atoms with Crippen molar-refractivity contribution < 1.29 is 0 Å². The quantitative estimate of drug-likeness (QED) is 0.853. The Kier molecular flexibility index (Phi) is 4.99. The number of aromatic nitrogens is 1. The minimum Gasteiger partial charge on any atom is -0.383 e. The maximum absolute atomic E-state index is 5.57. The van der Waals surface area contributed by atoms with E-state index in [9.17, 15) is 0 Å². The highest BCUT2D eigenvalue weighted by Gasteiger charge is 2.01. The fourth-order valence-corrected chi connectivity index (χ4v) is 2.02. The number of benzene rings is 1. The van der Waals surface area contributed by atoms with Crippen LogP contribution < -0.4 is 5.73 Å². The third-order valence-corrected chi connectivity index (χ3v) is 3.04. The largest absolute Gasteiger partial charge is 0.383 e. The van der Waals surface area contributed by atoms with Gasteiger partial charge in [0.2, 0.25) is 0 Å². The molecule has 0 atom stereocenters. The SMILES string of the molecule is CC.CCc1ccc(-c2nc(N)cs2)cc1. The zero-order chi connectivity index (χ0) is 12.0. The van der Waals surface area contributed by atoms with Crippen LogP contribution in [0.15, 0.2) is 29.6 Å². The Morgan fingerprint density at radius 2 is 1.81 bits per heavy atom. The summed E-state index contributed by atoms with van der Waals surface area (Å²) in [4.78, 5) is 4.23. The molecule has 0 amide bonds. The molecule has 0 unspecified atom stereocenters. The minimum atomic E-state index is 0.601. The number of nitrogen functional groups attached to an aromatic ring is 1. The second-order valence-corrected chi connectivity index (χ2v) is 3.99. The Balaban J connectivity index is 0.000000606. The maximum Gasteiger partial charge on any atom is 0.135 e. The van der Waals surface area contributed by atoms with Crippen LogP contribution in [0.3, 0.4) is 0 Å². The predicted octanol–water partition coefficient (Wildman–Crippen LogP) is 3.98. The molecule has 0 bridgehead atoms. The summed E-state index contributed by atoms with van der Waals surface area (Å²) in [6.07, 6.45) is 1.07. The third kappa shape index (κ3) is 3.07. The van der Waals surface area contributed by atoms with Crippen molar-refractivity contribution in [3.63, 3.8) is 0 Å². The van der Waals surface area contributed by atoms with Crippen LogP contribution in [0.5, 0.6) is 0 Å². The summed E-state index contributed by atoms with van der Waals surface area (Å²) >= 11 is 1.58. The van der Waals surface area contributed by atoms with Crippen molar-refractivity contribution >= 4 is 17.2 Å². The first-order valence-corrected chi connectivity index (χ1v) is 6.48. The maximum atomic E-state index is 5.57. The molecule has 0 saturated carbocycles. The molecule has 3 heteroatoms. The molecule has 1 heterocycles. The standard InChI is InChI=1S/C11H12N2S.C2H6/c1-2-8-3-5-9(6-4-8)11-13-10(12)7-14-11;1-2/h3-7H,2,12H2,1H3;1-2H3. The van der Waals surface area contributed by atoms with E-state index in [0.29, 0.717) is 5.82 Å². The van der Waals surface area contributed by atoms with Gasteiger partial charge in [-0.1, -0.05) is 45.0 Å². The summed E-state index contributed by atoms with van der Waals surface area (Å²) in [5, 5.41) is 2.86. The van der Waals surface area contributed by atoms with E-state index in [-0.39, 0.29) is 0 Å². The molecule has 1 aromatic carbocycles. The molecule has 2 N–H and O–H groups in total. The van der Waals surface area contributed by atoms with Gasteiger partial charge in [-0.25, -0.2) is 4.98 Å². The van der Waals surface area contributed by atoms with Gasteiger partial charge in [0, 0.05) is 10.9 Å². The first kappa shape index (κ1) is 12.7. The second-order valence-electron chi connectivity index (χ2n) is 3.13. The van der Waals surface area contributed by atoms with E-state index in [1.165, 1.54) is 5.56 Å². The summed E-state index contributed by atoms with van der Waals surface area (Å²) in [5.74, 6) is 0.601. The van der Waals surface area contributed by atoms with Crippen LogP contribution in [-0.2, 0) is 6.42 Å². The smallest absolute Gasteiger partial charge is 0.135 e. The van der Waals surface area contributed by atoms with Crippen molar-refractivity contribution in [2.45, 2.75) is 27.2 Å². The molecule has 16 heavy (non-hydrogen) atoms. The van der Waals surface area contributed by atoms with Gasteiger partial charge in [-0.15, -0.1) is 11.3 Å². The zero-order valence-electron chi connectivity index (χ0n) is 10.0. The van der Waals surface area contributed by atoms with Crippen molar-refractivity contribution in [2.75, 3.05) is 5.73 Å². The van der Waals surface area contributed by atoms with Crippen LogP contribution in [0.25, 0.3) is 10.6 Å². The van der Waals surface area contributed by atoms with E-state index in [4.69, 9.17) is 5.73 Å². The third-order valence-electron chi connectivity index (χ3n) is 2.13. The van der Waals surface area contributed by atoms with Crippen LogP contribution in [0, 0.1) is 0 Å². The van der Waals surface area contributed by atoms with E-state index in [1.807, 2.05) is 19.2 Å². The van der Waals surface area contributed by atoms with Crippen LogP contribution in [0.4, 0.5) is 5.82 Å². The van der Waals surface area contributed by atoms with Crippen LogP contribution >= 0.6 is 11.3 Å². The fourth-order valence-electron chi connectivity index (χ4n) is 1.30. The van der Waals surface area contributed by atoms with Gasteiger partial charge in [0.15, 0.2) is 0 Å². The predicted molar refractivity (Wildman–Crippen MR) is 72.7 cm³/mol. The average molecular weight is 234 g/mol. The Hall–Kier alpha value is -1.35. The van der Waals surface area contributed by atoms with Crippen LogP contribution in [-0.4, -0.2) is 4.98 Å². The Bertz CT molecular complexity index is 418. The van der Waals surface area contributed by atoms with Crippen molar-refractivity contribution in [3.8, 4) is 10.6 Å². The van der Waals surface area contributed by atoms with E-state index in [0.717, 1.165) is 17.0 Å². The molecule has 0 aliphatic heterocycles. The topological polar surface area (TPSA) is 38.9 Å². The highest BCUT2D eigenvalue weighted by molar-refractivity contribution is 7.13. The molecule has 0 fully saturated rings. The van der Waals surface area contributed by atoms with Crippen molar-refractivity contribution in [1.82, 2.24) is 4.98 Å². The summed E-state index contributed by atoms with van der Waals surface area (Å²) in [6.45, 7) is 6.15. The first-order chi connectivity index (χ1) is 7.79. The van der Waals surface area contributed by atoms with Gasteiger partial charge in [-0.2, -0.15) is 0 Å². The number of nitrogens with two attached hydrogens (primary N) is 1. The highest BCUT2D eigenvalue weighted by atomic mass is 32.1. The number of nitrogens with zero attached hydrogens (tertiary/aromatic N) is 1. The summed E-state index contributed by atoms with van der Waals surface area (Å²) in [7, 11) is 0. The van der Waals surface area contributed by atoms with E-state index >= 15 is 0 Å². The molecule has 0 spiro atoms. The Morgan fingerprint density at radius 3 is 2.25 bits per heavy atom. The van der Waals surface area contributed by atoms with E-state index in [2.05, 4.69) is 36.2 Å². The van der Waals surface area contributed by atoms with E-state index < -0.39 is 0 Å². The molecule has 0 aliphatic rings. The van der Waals surface area contributed by atoms with Crippen LogP contribution in [0.1, 0.15) is 26.3 Å². The van der Waals surface area contributed by atoms with Gasteiger partial charge < -0.3 is 5.73 Å². The Labute approximate surface area is 101 Å². The molecule has 2 aromatic rings. The second kappa shape index (κ2) is 6.28. The van der Waals surface area contributed by atoms with Crippen molar-refractivity contribution in [2.24, 2.45) is 0 Å². The molecule has 2 nitrogen and oxygen atoms in total. The van der Waals surface area contributed by atoms with Gasteiger partial charge in [0.1, 0.15) is 10.8 Å². The lowest BCUT2D eigenvalue weighted by molar-refractivity contribution is 1.14. The summed E-state index contributed by atoms with van der Waals surface area (Å²) in [5.41, 5.74) is 8.06. The monoisotopic (exact) mass is 234 g/mol. The lowest BCUT2D eigenvalue weighted by Crippen LogP contribution is -1.84. The van der Waals surface area contributed by atoms with Gasteiger partial charge in [0.05, 0.1) is 0 Å². The fraction of sp³-hybridized carbons (Fsp3) is 0.308. The number of thiazole rings is 1. The molecule has 2 rings (SSSR count). The van der Waals surface area contributed by atoms with Crippen LogP contribution in [0.2, 0.25) is 0 Å². The summed E-state index contributed by atoms with van der Waals surface area (Å²) in [6, 6.07) is 8.45. The highest BCUT2D eigenvalue weighted by Crippen LogP contribution is 2.24. The Morgan fingerprint density at radius 1 is 1.19 bits per heavy atom. The van der Waals surface area contributed by atoms with Crippen molar-refractivity contribution in [1.29, 1.82) is 0 Å². The molecular weight excluding hydrogens is 216 g/mol. The molecule has 1 aromatic heterocycles. The number of anilines is 1. The van der Waals surface area contributed by atoms with E-state index in [1.54, 1.807) is 11.3 Å². The first-order valence-electron chi connectivity index (χ1n) is 5.60. The number of hydrogen-bond acceptors (Lipinski definition) is 3. The molecule has 86 valence electrons. The van der Waals surface area contributed by atoms with Gasteiger partial charge in [-0.05, 0) is 12.0 Å². The minimum absolute atomic E-state index is 0.601. The molecule has 0 aliphatic carbocycles. The summed E-state index contributed by atoms with van der Waals surface area (Å²) < 4.78 is 0. The molecular formula is C13H18N2S. The average Bonchev–Trinajstić information content (AvgIpc) is 2.79. The van der Waals surface area contributed by atoms with Gasteiger partial charge in [-0.3, -0.25) is 0 Å². The number of aryl methyl sites for hydroxylation is 1. The van der Waals surface area contributed by atoms with Gasteiger partial charge >= 0.3 is 0 Å². The lowest BCUT2D eigenvalue weighted by Gasteiger charge is -1.98.